The van der Waals surface area contributed by atoms with Crippen LogP contribution in [-0.4, -0.2) is 52.4 Å². The van der Waals surface area contributed by atoms with Crippen LogP contribution in [0.2, 0.25) is 0 Å². The van der Waals surface area contributed by atoms with Crippen molar-refractivity contribution < 1.29 is 0 Å². The molecule has 0 aromatic carbocycles. The van der Waals surface area contributed by atoms with E-state index in [9.17, 15) is 0 Å². The number of nitrogens with one attached hydrogen (secondary N) is 3. The molecule has 0 aliphatic carbocycles. The molecule has 286 valence electrons. The van der Waals surface area contributed by atoms with Crippen molar-refractivity contribution in [3.05, 3.63) is 0 Å². The number of hydrogen-bond donors (Lipinski definition) is 5. The standard InChI is InChI=1S/C32H67N.C10H26N4/c1-3-5-7-9-11-13-15-17-19-21-23-25-27-29-31-33-32-30-28-26-24-22-20-18-16-14-12-10-8-6-4-2;11-5-3-9-13-7-1-2-8-14-10-4-6-12/h33H,3-32H2,1-2H3;13-14H,1-12H2. The van der Waals surface area contributed by atoms with E-state index in [4.69, 9.17) is 11.5 Å². The molecule has 0 aromatic rings. The number of hydrogen-bond acceptors (Lipinski definition) is 5. The highest BCUT2D eigenvalue weighted by Crippen LogP contribution is 2.14. The van der Waals surface area contributed by atoms with Crippen LogP contribution in [0.1, 0.15) is 219 Å². The highest BCUT2D eigenvalue weighted by atomic mass is 14.9. The van der Waals surface area contributed by atoms with Gasteiger partial charge in [0.15, 0.2) is 0 Å². The Hall–Kier alpha value is -0.200. The highest BCUT2D eigenvalue weighted by Gasteiger charge is 1.96. The van der Waals surface area contributed by atoms with Gasteiger partial charge in [0.05, 0.1) is 0 Å². The van der Waals surface area contributed by atoms with Gasteiger partial charge in [-0.25, -0.2) is 0 Å². The Morgan fingerprint density at radius 1 is 0.234 bits per heavy atom. The summed E-state index contributed by atoms with van der Waals surface area (Å²) in [6.07, 6.45) is 45.4. The van der Waals surface area contributed by atoms with Crippen LogP contribution in [0.15, 0.2) is 0 Å². The largest absolute Gasteiger partial charge is 0.330 e. The fourth-order valence-electron chi connectivity index (χ4n) is 6.22. The van der Waals surface area contributed by atoms with Gasteiger partial charge in [0.1, 0.15) is 0 Å². The predicted octanol–water partition coefficient (Wildman–Crippen LogP) is 11.2. The summed E-state index contributed by atoms with van der Waals surface area (Å²) in [5.41, 5.74) is 10.8. The Bertz CT molecular complexity index is 448. The van der Waals surface area contributed by atoms with E-state index in [0.717, 1.165) is 52.1 Å². The van der Waals surface area contributed by atoms with Crippen molar-refractivity contribution in [1.82, 2.24) is 16.0 Å². The monoisotopic (exact) mass is 668 g/mol. The van der Waals surface area contributed by atoms with E-state index in [2.05, 4.69) is 29.8 Å². The smallest absolute Gasteiger partial charge is 0.00369 e. The first-order chi connectivity index (χ1) is 23.3. The van der Waals surface area contributed by atoms with Crippen LogP contribution in [-0.2, 0) is 0 Å². The molecule has 7 N–H and O–H groups in total. The molecule has 0 radical (unpaired) electrons. The Balaban J connectivity index is 0. The molecular weight excluding hydrogens is 574 g/mol. The minimum absolute atomic E-state index is 0.785. The molecule has 0 spiro atoms. The van der Waals surface area contributed by atoms with Crippen molar-refractivity contribution >= 4 is 0 Å². The van der Waals surface area contributed by atoms with Crippen molar-refractivity contribution in [2.75, 3.05) is 52.4 Å². The molecule has 5 heteroatoms. The molecule has 0 rings (SSSR count). The molecule has 0 atom stereocenters. The molecule has 0 unspecified atom stereocenters. The van der Waals surface area contributed by atoms with E-state index in [-0.39, 0.29) is 0 Å². The maximum Gasteiger partial charge on any atom is -0.00369 e. The van der Waals surface area contributed by atoms with E-state index in [1.165, 1.54) is 206 Å². The van der Waals surface area contributed by atoms with Gasteiger partial charge in [-0.1, -0.05) is 181 Å². The Morgan fingerprint density at radius 3 is 0.617 bits per heavy atom. The lowest BCUT2D eigenvalue weighted by atomic mass is 10.0. The second kappa shape index (κ2) is 50.2. The maximum atomic E-state index is 5.38. The van der Waals surface area contributed by atoms with Crippen LogP contribution < -0.4 is 27.4 Å². The molecule has 0 amide bonds. The zero-order chi connectivity index (χ0) is 34.4. The highest BCUT2D eigenvalue weighted by molar-refractivity contribution is 4.55. The molecular formula is C42H93N5. The summed E-state index contributed by atoms with van der Waals surface area (Å²) in [4.78, 5) is 0. The molecule has 0 aliphatic heterocycles. The molecule has 5 nitrogen and oxygen atoms in total. The van der Waals surface area contributed by atoms with E-state index in [1.807, 2.05) is 0 Å². The van der Waals surface area contributed by atoms with Gasteiger partial charge >= 0.3 is 0 Å². The van der Waals surface area contributed by atoms with Crippen LogP contribution in [0.25, 0.3) is 0 Å². The molecule has 0 saturated heterocycles. The SMILES string of the molecule is CCCCCCCCCCCCCCCCNCCCCCCCCCCCCCCCC.NCCCNCCCCNCCCN. The zero-order valence-corrected chi connectivity index (χ0v) is 32.9. The molecule has 0 aromatic heterocycles. The molecule has 0 saturated carbocycles. The topological polar surface area (TPSA) is 88.1 Å². The van der Waals surface area contributed by atoms with Crippen LogP contribution in [0.5, 0.6) is 0 Å². The average Bonchev–Trinajstić information content (AvgIpc) is 3.09. The summed E-state index contributed by atoms with van der Waals surface area (Å²) in [5, 5.41) is 10.4. The van der Waals surface area contributed by atoms with Gasteiger partial charge < -0.3 is 27.4 Å². The van der Waals surface area contributed by atoms with Crippen LogP contribution in [0.3, 0.4) is 0 Å². The van der Waals surface area contributed by atoms with E-state index >= 15 is 0 Å². The third kappa shape index (κ3) is 52.8. The normalized spacial score (nSPS) is 11.2. The van der Waals surface area contributed by atoms with Crippen molar-refractivity contribution in [3.63, 3.8) is 0 Å². The van der Waals surface area contributed by atoms with Crippen molar-refractivity contribution in [2.24, 2.45) is 11.5 Å². The van der Waals surface area contributed by atoms with Gasteiger partial charge in [0.25, 0.3) is 0 Å². The summed E-state index contributed by atoms with van der Waals surface area (Å²) in [5.74, 6) is 0. The van der Waals surface area contributed by atoms with Crippen LogP contribution in [0.4, 0.5) is 0 Å². The van der Waals surface area contributed by atoms with Crippen LogP contribution in [0, 0.1) is 0 Å². The lowest BCUT2D eigenvalue weighted by molar-refractivity contribution is 0.518. The number of rotatable bonds is 41. The first-order valence-electron chi connectivity index (χ1n) is 21.9. The lowest BCUT2D eigenvalue weighted by Crippen LogP contribution is -2.22. The van der Waals surface area contributed by atoms with Gasteiger partial charge in [-0.2, -0.15) is 0 Å². The molecule has 0 heterocycles. The summed E-state index contributed by atoms with van der Waals surface area (Å²) in [6, 6.07) is 0. The van der Waals surface area contributed by atoms with Gasteiger partial charge in [0.2, 0.25) is 0 Å². The fourth-order valence-corrected chi connectivity index (χ4v) is 6.22. The first kappa shape index (κ1) is 48.9. The Kier molecular flexibility index (Phi) is 52.2. The Labute approximate surface area is 298 Å². The van der Waals surface area contributed by atoms with Gasteiger partial charge in [-0.15, -0.1) is 0 Å². The van der Waals surface area contributed by atoms with Crippen molar-refractivity contribution in [1.29, 1.82) is 0 Å². The first-order valence-corrected chi connectivity index (χ1v) is 21.9. The number of unbranched alkanes of at least 4 members (excludes halogenated alkanes) is 27. The van der Waals surface area contributed by atoms with Crippen molar-refractivity contribution in [3.8, 4) is 0 Å². The quantitative estimate of drug-likeness (QED) is 0.0419. The second-order valence-corrected chi connectivity index (χ2v) is 14.4. The minimum atomic E-state index is 0.785. The molecule has 0 aliphatic rings. The minimum Gasteiger partial charge on any atom is -0.330 e. The summed E-state index contributed by atoms with van der Waals surface area (Å²) in [7, 11) is 0. The Morgan fingerprint density at radius 2 is 0.404 bits per heavy atom. The molecule has 0 bridgehead atoms. The van der Waals surface area contributed by atoms with E-state index in [1.54, 1.807) is 0 Å². The van der Waals surface area contributed by atoms with Crippen LogP contribution >= 0.6 is 0 Å². The zero-order valence-electron chi connectivity index (χ0n) is 32.9. The van der Waals surface area contributed by atoms with E-state index in [0.29, 0.717) is 0 Å². The summed E-state index contributed by atoms with van der Waals surface area (Å²) >= 11 is 0. The second-order valence-electron chi connectivity index (χ2n) is 14.4. The van der Waals surface area contributed by atoms with E-state index < -0.39 is 0 Å². The number of nitrogens with two attached hydrogens (primary N) is 2. The van der Waals surface area contributed by atoms with Gasteiger partial charge in [-0.05, 0) is 90.9 Å². The van der Waals surface area contributed by atoms with Gasteiger partial charge in [0, 0.05) is 0 Å². The lowest BCUT2D eigenvalue weighted by Gasteiger charge is -2.06. The summed E-state index contributed by atoms with van der Waals surface area (Å²) in [6.45, 7) is 13.0. The average molecular weight is 668 g/mol. The third-order valence-corrected chi connectivity index (χ3v) is 9.49. The van der Waals surface area contributed by atoms with Gasteiger partial charge in [-0.3, -0.25) is 0 Å². The fraction of sp³-hybridized carbons (Fsp3) is 1.00. The molecule has 0 fully saturated rings. The third-order valence-electron chi connectivity index (χ3n) is 9.49. The molecule has 47 heavy (non-hydrogen) atoms. The maximum absolute atomic E-state index is 5.38. The van der Waals surface area contributed by atoms with Crippen molar-refractivity contribution in [2.45, 2.75) is 219 Å². The predicted molar refractivity (Wildman–Crippen MR) is 216 cm³/mol. The summed E-state index contributed by atoms with van der Waals surface area (Å²) < 4.78 is 0.